The van der Waals surface area contributed by atoms with E-state index < -0.39 is 10.0 Å². The number of amidine groups is 1. The largest absolute Gasteiger partial charge is 0.490 e. The van der Waals surface area contributed by atoms with Crippen LogP contribution in [0, 0.1) is 0 Å². The predicted molar refractivity (Wildman–Crippen MR) is 85.1 cm³/mol. The van der Waals surface area contributed by atoms with Gasteiger partial charge in [0.2, 0.25) is 0 Å². The maximum Gasteiger partial charge on any atom is 0.256 e. The maximum absolute atomic E-state index is 11.8. The zero-order valence-corrected chi connectivity index (χ0v) is 12.8. The number of benzene rings is 1. The minimum Gasteiger partial charge on any atom is -0.490 e. The molecule has 4 rings (SSSR count). The van der Waals surface area contributed by atoms with Gasteiger partial charge in [0.25, 0.3) is 10.0 Å². The van der Waals surface area contributed by atoms with E-state index in [9.17, 15) is 8.42 Å². The summed E-state index contributed by atoms with van der Waals surface area (Å²) in [5.41, 5.74) is 1.76. The third-order valence-electron chi connectivity index (χ3n) is 3.85. The average Bonchev–Trinajstić information content (AvgIpc) is 3.31. The molecule has 0 N–H and O–H groups in total. The summed E-state index contributed by atoms with van der Waals surface area (Å²) < 4.78 is 33.2. The highest BCUT2D eigenvalue weighted by atomic mass is 32.2. The Morgan fingerprint density at radius 3 is 2.68 bits per heavy atom. The van der Waals surface area contributed by atoms with Gasteiger partial charge in [-0.1, -0.05) is 12.1 Å². The van der Waals surface area contributed by atoms with Crippen molar-refractivity contribution >= 4 is 21.4 Å². The SMILES string of the molecule is O=S1(=O)CCN2C=CC=C(c3ccc(OC4CC4)cc3)C2=N1. The lowest BCUT2D eigenvalue weighted by Crippen LogP contribution is -2.37. The Morgan fingerprint density at radius 2 is 1.95 bits per heavy atom. The van der Waals surface area contributed by atoms with Gasteiger partial charge in [-0.05, 0) is 42.7 Å². The molecule has 0 amide bonds. The molecule has 0 radical (unpaired) electrons. The van der Waals surface area contributed by atoms with Crippen LogP contribution in [0.5, 0.6) is 5.75 Å². The van der Waals surface area contributed by atoms with E-state index >= 15 is 0 Å². The summed E-state index contributed by atoms with van der Waals surface area (Å²) in [5, 5.41) is 0. The topological polar surface area (TPSA) is 59.0 Å². The standard InChI is InChI=1S/C16H16N2O3S/c19-22(20)11-10-18-9-1-2-15(16(18)17-22)12-3-5-13(6-4-12)21-14-7-8-14/h1-6,9,14H,7-8,10-11H2. The second kappa shape index (κ2) is 4.98. The Bertz CT molecular complexity index is 787. The smallest absolute Gasteiger partial charge is 0.256 e. The first-order valence-corrected chi connectivity index (χ1v) is 8.97. The van der Waals surface area contributed by atoms with Crippen LogP contribution in [0.1, 0.15) is 18.4 Å². The summed E-state index contributed by atoms with van der Waals surface area (Å²) in [6, 6.07) is 7.75. The minimum absolute atomic E-state index is 0.0578. The average molecular weight is 316 g/mol. The number of nitrogens with zero attached hydrogens (tertiary/aromatic N) is 2. The molecule has 1 aromatic carbocycles. The molecule has 6 heteroatoms. The van der Waals surface area contributed by atoms with Crippen molar-refractivity contribution in [2.45, 2.75) is 18.9 Å². The number of sulfonamides is 1. The highest BCUT2D eigenvalue weighted by Crippen LogP contribution is 2.29. The summed E-state index contributed by atoms with van der Waals surface area (Å²) in [4.78, 5) is 1.88. The fourth-order valence-electron chi connectivity index (χ4n) is 2.53. The first-order valence-electron chi connectivity index (χ1n) is 7.36. The molecule has 1 fully saturated rings. The van der Waals surface area contributed by atoms with Crippen molar-refractivity contribution in [2.75, 3.05) is 12.3 Å². The van der Waals surface area contributed by atoms with Crippen LogP contribution in [0.3, 0.4) is 0 Å². The van der Waals surface area contributed by atoms with Gasteiger partial charge in [-0.3, -0.25) is 0 Å². The fourth-order valence-corrected chi connectivity index (χ4v) is 3.52. The van der Waals surface area contributed by atoms with Gasteiger partial charge in [-0.25, -0.2) is 8.42 Å². The normalized spacial score (nSPS) is 22.6. The molecule has 0 bridgehead atoms. The zero-order valence-electron chi connectivity index (χ0n) is 12.0. The van der Waals surface area contributed by atoms with Gasteiger partial charge in [-0.15, -0.1) is 4.40 Å². The van der Waals surface area contributed by atoms with Crippen molar-refractivity contribution in [3.63, 3.8) is 0 Å². The maximum atomic E-state index is 11.8. The van der Waals surface area contributed by atoms with Gasteiger partial charge in [0.05, 0.1) is 11.9 Å². The lowest BCUT2D eigenvalue weighted by atomic mass is 10.0. The zero-order chi connectivity index (χ0) is 15.2. The van der Waals surface area contributed by atoms with E-state index in [2.05, 4.69) is 4.40 Å². The molecule has 0 spiro atoms. The number of hydrogen-bond acceptors (Lipinski definition) is 4. The number of rotatable bonds is 3. The lowest BCUT2D eigenvalue weighted by Gasteiger charge is -2.29. The van der Waals surface area contributed by atoms with Gasteiger partial charge in [0, 0.05) is 18.3 Å². The van der Waals surface area contributed by atoms with Gasteiger partial charge < -0.3 is 9.64 Å². The molecule has 1 aromatic rings. The first kappa shape index (κ1) is 13.6. The van der Waals surface area contributed by atoms with Crippen LogP contribution in [0.4, 0.5) is 0 Å². The highest BCUT2D eigenvalue weighted by molar-refractivity contribution is 7.90. The van der Waals surface area contributed by atoms with Crippen molar-refractivity contribution in [3.05, 3.63) is 48.2 Å². The Hall–Kier alpha value is -2.08. The van der Waals surface area contributed by atoms with Gasteiger partial charge in [0.15, 0.2) is 5.84 Å². The van der Waals surface area contributed by atoms with Crippen LogP contribution < -0.4 is 4.74 Å². The third-order valence-corrected chi connectivity index (χ3v) is 5.00. The molecule has 5 nitrogen and oxygen atoms in total. The molecule has 0 saturated heterocycles. The van der Waals surface area contributed by atoms with Crippen molar-refractivity contribution in [3.8, 4) is 5.75 Å². The molecule has 0 unspecified atom stereocenters. The summed E-state index contributed by atoms with van der Waals surface area (Å²) in [6.07, 6.45) is 8.30. The number of fused-ring (bicyclic) bond motifs is 1. The highest BCUT2D eigenvalue weighted by Gasteiger charge is 2.27. The number of allylic oxidation sites excluding steroid dienone is 2. The Kier molecular flexibility index (Phi) is 3.07. The molecule has 22 heavy (non-hydrogen) atoms. The van der Waals surface area contributed by atoms with Crippen molar-refractivity contribution in [2.24, 2.45) is 4.40 Å². The van der Waals surface area contributed by atoms with Crippen LogP contribution in [-0.4, -0.2) is 37.6 Å². The molecular formula is C16H16N2O3S. The number of ether oxygens (including phenoxy) is 1. The van der Waals surface area contributed by atoms with E-state index in [1.54, 1.807) is 0 Å². The fraction of sp³-hybridized carbons (Fsp3) is 0.312. The summed E-state index contributed by atoms with van der Waals surface area (Å²) >= 11 is 0. The van der Waals surface area contributed by atoms with E-state index in [1.165, 1.54) is 0 Å². The predicted octanol–water partition coefficient (Wildman–Crippen LogP) is 2.18. The Balaban J connectivity index is 1.66. The van der Waals surface area contributed by atoms with Crippen LogP contribution in [0.15, 0.2) is 47.0 Å². The minimum atomic E-state index is -3.36. The van der Waals surface area contributed by atoms with Crippen LogP contribution in [0.25, 0.3) is 5.57 Å². The molecule has 2 heterocycles. The second-order valence-electron chi connectivity index (χ2n) is 5.66. The quantitative estimate of drug-likeness (QED) is 0.857. The van der Waals surface area contributed by atoms with Crippen molar-refractivity contribution in [1.29, 1.82) is 0 Å². The van der Waals surface area contributed by atoms with Crippen molar-refractivity contribution in [1.82, 2.24) is 4.90 Å². The van der Waals surface area contributed by atoms with Gasteiger partial charge >= 0.3 is 0 Å². The van der Waals surface area contributed by atoms with Crippen molar-refractivity contribution < 1.29 is 13.2 Å². The van der Waals surface area contributed by atoms with Gasteiger partial charge in [-0.2, -0.15) is 0 Å². The lowest BCUT2D eigenvalue weighted by molar-refractivity contribution is 0.303. The van der Waals surface area contributed by atoms with E-state index in [0.29, 0.717) is 18.5 Å². The third kappa shape index (κ3) is 2.66. The molecule has 0 atom stereocenters. The first-order chi connectivity index (χ1) is 10.6. The van der Waals surface area contributed by atoms with Crippen LogP contribution in [-0.2, 0) is 10.0 Å². The molecule has 1 aliphatic carbocycles. The van der Waals surface area contributed by atoms with Gasteiger partial charge in [0.1, 0.15) is 5.75 Å². The van der Waals surface area contributed by atoms with Crippen LogP contribution >= 0.6 is 0 Å². The molecule has 3 aliphatic rings. The molecule has 1 saturated carbocycles. The van der Waals surface area contributed by atoms with E-state index in [0.717, 1.165) is 29.7 Å². The van der Waals surface area contributed by atoms with E-state index in [-0.39, 0.29) is 5.75 Å². The Labute approximate surface area is 129 Å². The van der Waals surface area contributed by atoms with E-state index in [4.69, 9.17) is 4.74 Å². The number of hydrogen-bond donors (Lipinski definition) is 0. The summed E-state index contributed by atoms with van der Waals surface area (Å²) in [7, 11) is -3.36. The molecule has 114 valence electrons. The molecule has 0 aromatic heterocycles. The summed E-state index contributed by atoms with van der Waals surface area (Å²) in [5.74, 6) is 1.42. The molecular weight excluding hydrogens is 300 g/mol. The molecule has 2 aliphatic heterocycles. The van der Waals surface area contributed by atoms with E-state index in [1.807, 2.05) is 47.5 Å². The second-order valence-corrected chi connectivity index (χ2v) is 7.41. The summed E-state index contributed by atoms with van der Waals surface area (Å²) in [6.45, 7) is 0.442. The van der Waals surface area contributed by atoms with Crippen LogP contribution in [0.2, 0.25) is 0 Å². The monoisotopic (exact) mass is 316 g/mol. The Morgan fingerprint density at radius 1 is 1.18 bits per heavy atom.